The van der Waals surface area contributed by atoms with E-state index in [1.807, 2.05) is 25.1 Å². The SMILES string of the molecule is CCc1cccc(-n2nc(C)c3c2NC(=O)C[C@@H]3C(=O)c2ccc(Cl)s2)c1. The molecule has 1 aliphatic heterocycles. The third-order valence-corrected chi connectivity index (χ3v) is 6.04. The second-order valence-corrected chi connectivity index (χ2v) is 8.27. The van der Waals surface area contributed by atoms with Crippen LogP contribution in [0.15, 0.2) is 36.4 Å². The summed E-state index contributed by atoms with van der Waals surface area (Å²) in [4.78, 5) is 26.0. The summed E-state index contributed by atoms with van der Waals surface area (Å²) in [6, 6.07) is 11.4. The number of hydrogen-bond donors (Lipinski definition) is 1. The minimum atomic E-state index is -0.549. The average Bonchev–Trinajstić information content (AvgIpc) is 3.24. The number of carbonyl (C=O) groups excluding carboxylic acids is 2. The number of nitrogens with zero attached hydrogens (tertiary/aromatic N) is 2. The van der Waals surface area contributed by atoms with Gasteiger partial charge in [0.15, 0.2) is 5.78 Å². The van der Waals surface area contributed by atoms with E-state index in [0.717, 1.165) is 23.4 Å². The molecule has 2 aromatic heterocycles. The Labute approximate surface area is 166 Å². The Morgan fingerprint density at radius 2 is 2.19 bits per heavy atom. The molecule has 0 spiro atoms. The Morgan fingerprint density at radius 1 is 1.37 bits per heavy atom. The number of nitrogens with one attached hydrogen (secondary N) is 1. The Kier molecular flexibility index (Phi) is 4.61. The van der Waals surface area contributed by atoms with Crippen LogP contribution in [0.5, 0.6) is 0 Å². The number of carbonyl (C=O) groups is 2. The van der Waals surface area contributed by atoms with Gasteiger partial charge in [0.05, 0.1) is 26.5 Å². The summed E-state index contributed by atoms with van der Waals surface area (Å²) < 4.78 is 2.28. The second kappa shape index (κ2) is 6.94. The third-order valence-electron chi connectivity index (χ3n) is 4.80. The summed E-state index contributed by atoms with van der Waals surface area (Å²) in [5, 5.41) is 7.54. The largest absolute Gasteiger partial charge is 0.310 e. The molecule has 0 aliphatic carbocycles. The number of Topliss-reactive ketones (excluding diaryl/α,β-unsaturated/α-hetero) is 1. The first kappa shape index (κ1) is 17.9. The predicted molar refractivity (Wildman–Crippen MR) is 107 cm³/mol. The maximum Gasteiger partial charge on any atom is 0.226 e. The normalized spacial score (nSPS) is 16.1. The molecule has 0 saturated heterocycles. The fourth-order valence-corrected chi connectivity index (χ4v) is 4.52. The van der Waals surface area contributed by atoms with Crippen LogP contribution in [0.2, 0.25) is 4.34 Å². The number of fused-ring (bicyclic) bond motifs is 1. The van der Waals surface area contributed by atoms with Crippen molar-refractivity contribution in [1.29, 1.82) is 0 Å². The number of amides is 1. The minimum absolute atomic E-state index is 0.0899. The molecule has 0 unspecified atom stereocenters. The summed E-state index contributed by atoms with van der Waals surface area (Å²) in [7, 11) is 0. The van der Waals surface area contributed by atoms with Crippen molar-refractivity contribution >= 4 is 40.4 Å². The van der Waals surface area contributed by atoms with Crippen molar-refractivity contribution in [1.82, 2.24) is 9.78 Å². The molecule has 0 radical (unpaired) electrons. The molecular weight excluding hydrogens is 382 g/mol. The van der Waals surface area contributed by atoms with Crippen LogP contribution in [-0.4, -0.2) is 21.5 Å². The van der Waals surface area contributed by atoms with Crippen LogP contribution >= 0.6 is 22.9 Å². The zero-order valence-corrected chi connectivity index (χ0v) is 16.5. The molecular formula is C20H18ClN3O2S. The third kappa shape index (κ3) is 3.19. The van der Waals surface area contributed by atoms with Crippen LogP contribution in [0.1, 0.15) is 45.8 Å². The highest BCUT2D eigenvalue weighted by atomic mass is 35.5. The number of halogens is 1. The predicted octanol–water partition coefficient (Wildman–Crippen LogP) is 4.77. The van der Waals surface area contributed by atoms with E-state index in [4.69, 9.17) is 11.6 Å². The van der Waals surface area contributed by atoms with Crippen LogP contribution in [0.4, 0.5) is 5.82 Å². The maximum absolute atomic E-state index is 13.1. The first-order valence-electron chi connectivity index (χ1n) is 8.76. The highest BCUT2D eigenvalue weighted by molar-refractivity contribution is 7.18. The second-order valence-electron chi connectivity index (χ2n) is 6.56. The summed E-state index contributed by atoms with van der Waals surface area (Å²) >= 11 is 7.22. The number of aryl methyl sites for hydroxylation is 2. The van der Waals surface area contributed by atoms with Crippen LogP contribution < -0.4 is 5.32 Å². The van der Waals surface area contributed by atoms with Crippen LogP contribution in [0.3, 0.4) is 0 Å². The van der Waals surface area contributed by atoms with Crippen molar-refractivity contribution in [3.05, 3.63) is 62.4 Å². The lowest BCUT2D eigenvalue weighted by molar-refractivity contribution is -0.116. The lowest BCUT2D eigenvalue weighted by Crippen LogP contribution is -2.28. The van der Waals surface area contributed by atoms with Crippen LogP contribution in [0.25, 0.3) is 5.69 Å². The van der Waals surface area contributed by atoms with Gasteiger partial charge in [0.1, 0.15) is 5.82 Å². The molecule has 5 nitrogen and oxygen atoms in total. The summed E-state index contributed by atoms with van der Waals surface area (Å²) in [5.41, 5.74) is 3.57. The topological polar surface area (TPSA) is 64.0 Å². The molecule has 1 atom stereocenters. The van der Waals surface area contributed by atoms with E-state index in [-0.39, 0.29) is 18.1 Å². The molecule has 27 heavy (non-hydrogen) atoms. The quantitative estimate of drug-likeness (QED) is 0.643. The Balaban J connectivity index is 1.82. The Morgan fingerprint density at radius 3 is 2.89 bits per heavy atom. The standard InChI is InChI=1S/C20H18ClN3O2S/c1-3-12-5-4-6-13(9-12)24-20-18(11(2)23-24)14(10-17(25)22-20)19(26)15-7-8-16(21)27-15/h4-9,14H,3,10H2,1-2H3,(H,22,25)/t14-/m0/s1. The van der Waals surface area contributed by atoms with Crippen molar-refractivity contribution < 1.29 is 9.59 Å². The molecule has 3 aromatic rings. The van der Waals surface area contributed by atoms with E-state index in [0.29, 0.717) is 15.0 Å². The van der Waals surface area contributed by atoms with Gasteiger partial charge in [0.2, 0.25) is 5.91 Å². The van der Waals surface area contributed by atoms with Gasteiger partial charge in [0, 0.05) is 12.0 Å². The van der Waals surface area contributed by atoms with Crippen molar-refractivity contribution in [2.24, 2.45) is 0 Å². The number of rotatable bonds is 4. The van der Waals surface area contributed by atoms with E-state index >= 15 is 0 Å². The fourth-order valence-electron chi connectivity index (χ4n) is 3.48. The molecule has 0 bridgehead atoms. The van der Waals surface area contributed by atoms with E-state index in [1.54, 1.807) is 16.8 Å². The van der Waals surface area contributed by atoms with Gasteiger partial charge in [-0.2, -0.15) is 5.10 Å². The van der Waals surface area contributed by atoms with Crippen molar-refractivity contribution in [3.8, 4) is 5.69 Å². The van der Waals surface area contributed by atoms with Gasteiger partial charge in [-0.05, 0) is 43.2 Å². The number of anilines is 1. The molecule has 1 N–H and O–H groups in total. The van der Waals surface area contributed by atoms with E-state index in [2.05, 4.69) is 23.4 Å². The van der Waals surface area contributed by atoms with Crippen molar-refractivity contribution in [3.63, 3.8) is 0 Å². The molecule has 4 rings (SSSR count). The average molecular weight is 400 g/mol. The highest BCUT2D eigenvalue weighted by Gasteiger charge is 2.36. The number of hydrogen-bond acceptors (Lipinski definition) is 4. The van der Waals surface area contributed by atoms with E-state index in [9.17, 15) is 9.59 Å². The lowest BCUT2D eigenvalue weighted by atomic mass is 9.87. The highest BCUT2D eigenvalue weighted by Crippen LogP contribution is 2.39. The molecule has 7 heteroatoms. The molecule has 1 amide bonds. The number of thiophene rings is 1. The maximum atomic E-state index is 13.1. The van der Waals surface area contributed by atoms with Gasteiger partial charge in [-0.15, -0.1) is 11.3 Å². The first-order chi connectivity index (χ1) is 13.0. The number of ketones is 1. The molecule has 0 saturated carbocycles. The molecule has 1 aromatic carbocycles. The molecule has 1 aliphatic rings. The van der Waals surface area contributed by atoms with Gasteiger partial charge in [-0.25, -0.2) is 4.68 Å². The van der Waals surface area contributed by atoms with Gasteiger partial charge >= 0.3 is 0 Å². The Hall–Kier alpha value is -2.44. The van der Waals surface area contributed by atoms with Gasteiger partial charge in [-0.3, -0.25) is 9.59 Å². The van der Waals surface area contributed by atoms with Gasteiger partial charge in [0.25, 0.3) is 0 Å². The number of benzene rings is 1. The first-order valence-corrected chi connectivity index (χ1v) is 9.95. The monoisotopic (exact) mass is 399 g/mol. The van der Waals surface area contributed by atoms with Gasteiger partial charge in [-0.1, -0.05) is 30.7 Å². The lowest BCUT2D eigenvalue weighted by Gasteiger charge is -2.22. The van der Waals surface area contributed by atoms with Gasteiger partial charge < -0.3 is 5.32 Å². The summed E-state index contributed by atoms with van der Waals surface area (Å²) in [6.45, 7) is 3.96. The molecule has 3 heterocycles. The summed E-state index contributed by atoms with van der Waals surface area (Å²) in [6.07, 6.45) is 1.02. The minimum Gasteiger partial charge on any atom is -0.310 e. The van der Waals surface area contributed by atoms with E-state index < -0.39 is 5.92 Å². The number of aromatic nitrogens is 2. The Bertz CT molecular complexity index is 1050. The smallest absolute Gasteiger partial charge is 0.226 e. The fraction of sp³-hybridized carbons (Fsp3) is 0.250. The van der Waals surface area contributed by atoms with Crippen molar-refractivity contribution in [2.45, 2.75) is 32.6 Å². The van der Waals surface area contributed by atoms with Crippen LogP contribution in [-0.2, 0) is 11.2 Å². The molecule has 0 fully saturated rings. The van der Waals surface area contributed by atoms with Crippen LogP contribution in [0, 0.1) is 6.92 Å². The van der Waals surface area contributed by atoms with Crippen molar-refractivity contribution in [2.75, 3.05) is 5.32 Å². The van der Waals surface area contributed by atoms with E-state index in [1.165, 1.54) is 16.9 Å². The zero-order chi connectivity index (χ0) is 19.1. The molecule has 138 valence electrons. The summed E-state index contributed by atoms with van der Waals surface area (Å²) in [5.74, 6) is -0.242. The zero-order valence-electron chi connectivity index (χ0n) is 15.0.